The number of likely N-dealkylation sites (N-methyl/N-ethyl adjacent to an activating group) is 1. The van der Waals surface area contributed by atoms with E-state index in [1.165, 1.54) is 0 Å². The number of hydrogen-bond donors (Lipinski definition) is 2. The Morgan fingerprint density at radius 2 is 1.85 bits per heavy atom. The SMILES string of the molecule is C/C(=C\C=C\C(C)COC(=O)N1CCCC12COC2)[C@H]1OC(=O)C[C@@H](O)CC[C@](C)(O)[C@@H](OC(=O)N2CCN(C)CC2)/C=C/[C@@H]1C. The number of rotatable bonds is 6. The lowest BCUT2D eigenvalue weighted by Crippen LogP contribution is -2.60. The second-order valence-corrected chi connectivity index (χ2v) is 13.8. The molecule has 1 unspecified atom stereocenters. The van der Waals surface area contributed by atoms with Crippen molar-refractivity contribution in [2.45, 2.75) is 89.3 Å². The normalized spacial score (nSPS) is 32.7. The Morgan fingerprint density at radius 1 is 1.13 bits per heavy atom. The molecule has 1 spiro atoms. The molecule has 0 saturated carbocycles. The third kappa shape index (κ3) is 9.33. The second-order valence-electron chi connectivity index (χ2n) is 13.8. The van der Waals surface area contributed by atoms with Crippen molar-refractivity contribution in [2.75, 3.05) is 59.6 Å². The molecule has 46 heavy (non-hydrogen) atoms. The number of allylic oxidation sites excluding steroid dienone is 2. The fourth-order valence-corrected chi connectivity index (χ4v) is 6.31. The van der Waals surface area contributed by atoms with Crippen LogP contribution in [0.5, 0.6) is 0 Å². The molecular formula is C34H53N3O9. The zero-order valence-corrected chi connectivity index (χ0v) is 28.1. The highest BCUT2D eigenvalue weighted by molar-refractivity contribution is 5.71. The Bertz CT molecular complexity index is 1160. The van der Waals surface area contributed by atoms with Gasteiger partial charge in [-0.25, -0.2) is 9.59 Å². The van der Waals surface area contributed by atoms with Crippen LogP contribution in [-0.2, 0) is 23.7 Å². The largest absolute Gasteiger partial charge is 0.457 e. The number of ether oxygens (including phenoxy) is 4. The first-order valence-electron chi connectivity index (χ1n) is 16.6. The lowest BCUT2D eigenvalue weighted by molar-refractivity contribution is -0.151. The number of carbonyl (C=O) groups is 3. The quantitative estimate of drug-likeness (QED) is 0.191. The Hall–Kier alpha value is -2.93. The van der Waals surface area contributed by atoms with E-state index >= 15 is 0 Å². The average Bonchev–Trinajstić information content (AvgIpc) is 3.46. The monoisotopic (exact) mass is 647 g/mol. The predicted octanol–water partition coefficient (Wildman–Crippen LogP) is 3.28. The zero-order chi connectivity index (χ0) is 33.5. The van der Waals surface area contributed by atoms with Gasteiger partial charge >= 0.3 is 18.2 Å². The number of hydrogen-bond acceptors (Lipinski definition) is 10. The van der Waals surface area contributed by atoms with Gasteiger partial charge < -0.3 is 39.0 Å². The zero-order valence-electron chi connectivity index (χ0n) is 28.1. The summed E-state index contributed by atoms with van der Waals surface area (Å²) < 4.78 is 22.7. The molecular weight excluding hydrogens is 594 g/mol. The molecule has 4 aliphatic heterocycles. The van der Waals surface area contributed by atoms with Crippen molar-refractivity contribution in [2.24, 2.45) is 11.8 Å². The molecule has 4 rings (SSSR count). The molecule has 4 aliphatic rings. The van der Waals surface area contributed by atoms with Gasteiger partial charge in [-0.1, -0.05) is 38.2 Å². The maximum absolute atomic E-state index is 13.0. The van der Waals surface area contributed by atoms with Crippen LogP contribution >= 0.6 is 0 Å². The molecule has 2 amide bonds. The number of likely N-dealkylation sites (tertiary alicyclic amines) is 1. The van der Waals surface area contributed by atoms with Crippen LogP contribution in [0, 0.1) is 11.8 Å². The van der Waals surface area contributed by atoms with Gasteiger partial charge in [0.1, 0.15) is 11.7 Å². The van der Waals surface area contributed by atoms with Crippen LogP contribution in [0.15, 0.2) is 36.0 Å². The Balaban J connectivity index is 1.41. The summed E-state index contributed by atoms with van der Waals surface area (Å²) in [5, 5.41) is 21.9. The van der Waals surface area contributed by atoms with E-state index in [-0.39, 0.29) is 49.3 Å². The van der Waals surface area contributed by atoms with E-state index in [1.54, 1.807) is 28.9 Å². The van der Waals surface area contributed by atoms with E-state index in [1.807, 2.05) is 46.0 Å². The smallest absolute Gasteiger partial charge is 0.410 e. The topological polar surface area (TPSA) is 138 Å². The molecule has 3 fully saturated rings. The second kappa shape index (κ2) is 15.8. The van der Waals surface area contributed by atoms with Crippen LogP contribution in [-0.4, -0.2) is 132 Å². The average molecular weight is 648 g/mol. The van der Waals surface area contributed by atoms with Gasteiger partial charge in [0.25, 0.3) is 0 Å². The summed E-state index contributed by atoms with van der Waals surface area (Å²) in [5.74, 6) is -0.925. The molecule has 0 radical (unpaired) electrons. The Morgan fingerprint density at radius 3 is 2.52 bits per heavy atom. The van der Waals surface area contributed by atoms with E-state index in [0.717, 1.165) is 31.5 Å². The maximum Gasteiger partial charge on any atom is 0.410 e. The van der Waals surface area contributed by atoms with Gasteiger partial charge in [-0.3, -0.25) is 9.69 Å². The third-order valence-electron chi connectivity index (χ3n) is 9.59. The van der Waals surface area contributed by atoms with E-state index in [2.05, 4.69) is 4.90 Å². The first-order valence-corrected chi connectivity index (χ1v) is 16.6. The van der Waals surface area contributed by atoms with E-state index < -0.39 is 36.0 Å². The minimum Gasteiger partial charge on any atom is -0.457 e. The van der Waals surface area contributed by atoms with Crippen molar-refractivity contribution in [3.63, 3.8) is 0 Å². The number of nitrogens with zero attached hydrogens (tertiary/aromatic N) is 3. The minimum atomic E-state index is -1.47. The molecule has 12 heteroatoms. The van der Waals surface area contributed by atoms with Gasteiger partial charge in [0.2, 0.25) is 0 Å². The molecule has 0 aromatic rings. The number of cyclic esters (lactones) is 1. The summed E-state index contributed by atoms with van der Waals surface area (Å²) in [6, 6.07) is 0. The fourth-order valence-electron chi connectivity index (χ4n) is 6.31. The molecule has 6 atom stereocenters. The predicted molar refractivity (Wildman–Crippen MR) is 171 cm³/mol. The summed E-state index contributed by atoms with van der Waals surface area (Å²) in [5.41, 5.74) is -0.893. The van der Waals surface area contributed by atoms with E-state index in [9.17, 15) is 24.6 Å². The summed E-state index contributed by atoms with van der Waals surface area (Å²) in [7, 11) is 2.00. The van der Waals surface area contributed by atoms with Gasteiger partial charge in [0.15, 0.2) is 6.10 Å². The fraction of sp³-hybridized carbons (Fsp3) is 0.735. The van der Waals surface area contributed by atoms with E-state index in [0.29, 0.717) is 32.8 Å². The third-order valence-corrected chi connectivity index (χ3v) is 9.59. The number of piperazine rings is 1. The van der Waals surface area contributed by atoms with Gasteiger partial charge in [0, 0.05) is 44.6 Å². The molecule has 12 nitrogen and oxygen atoms in total. The van der Waals surface area contributed by atoms with Crippen molar-refractivity contribution in [3.8, 4) is 0 Å². The van der Waals surface area contributed by atoms with E-state index in [4.69, 9.17) is 18.9 Å². The van der Waals surface area contributed by atoms with Crippen LogP contribution in [0.25, 0.3) is 0 Å². The maximum atomic E-state index is 13.0. The Kier molecular flexibility index (Phi) is 12.3. The molecule has 0 bridgehead atoms. The van der Waals surface area contributed by atoms with Crippen LogP contribution in [0.4, 0.5) is 9.59 Å². The highest BCUT2D eigenvalue weighted by Crippen LogP contribution is 2.36. The lowest BCUT2D eigenvalue weighted by atomic mass is 9.89. The molecule has 0 aliphatic carbocycles. The Labute approximate surface area is 272 Å². The van der Waals surface area contributed by atoms with Crippen LogP contribution in [0.1, 0.15) is 59.8 Å². The summed E-state index contributed by atoms with van der Waals surface area (Å²) in [6.45, 7) is 11.9. The number of aliphatic hydroxyl groups is 2. The standard InChI is InChI=1S/C34H53N3O9/c1-24(21-44-32(41)37-15-7-13-34(37)22-43-23-34)8-6-9-25(2)30-26(3)10-11-28(45-31(40)36-18-16-35(5)17-19-36)33(4,42)14-12-27(38)20-29(39)46-30/h6,8-11,24,26-28,30,38,42H,7,12-23H2,1-5H3/b8-6+,11-10+,25-9+/t24?,26-,27-,28-,30+,33-/m0/s1. The van der Waals surface area contributed by atoms with Crippen molar-refractivity contribution in [1.29, 1.82) is 0 Å². The number of carbonyl (C=O) groups excluding carboxylic acids is 3. The molecule has 0 aromatic carbocycles. The lowest BCUT2D eigenvalue weighted by Gasteiger charge is -2.44. The molecule has 258 valence electrons. The van der Waals surface area contributed by atoms with Gasteiger partial charge in [-0.05, 0) is 58.2 Å². The highest BCUT2D eigenvalue weighted by Gasteiger charge is 2.50. The van der Waals surface area contributed by atoms with Crippen molar-refractivity contribution in [3.05, 3.63) is 36.0 Å². The summed E-state index contributed by atoms with van der Waals surface area (Å²) >= 11 is 0. The van der Waals surface area contributed by atoms with Crippen LogP contribution in [0.3, 0.4) is 0 Å². The number of esters is 1. The van der Waals surface area contributed by atoms with Crippen molar-refractivity contribution in [1.82, 2.24) is 14.7 Å². The first-order chi connectivity index (χ1) is 21.8. The van der Waals surface area contributed by atoms with Gasteiger partial charge in [0.05, 0.1) is 37.9 Å². The minimum absolute atomic E-state index is 0.0477. The van der Waals surface area contributed by atoms with Crippen LogP contribution < -0.4 is 0 Å². The molecule has 0 aromatic heterocycles. The number of aliphatic hydroxyl groups excluding tert-OH is 1. The first kappa shape index (κ1) is 35.9. The molecule has 3 saturated heterocycles. The number of amides is 2. The van der Waals surface area contributed by atoms with Gasteiger partial charge in [-0.15, -0.1) is 0 Å². The van der Waals surface area contributed by atoms with Crippen molar-refractivity contribution < 1.29 is 43.5 Å². The molecule has 2 N–H and O–H groups in total. The van der Waals surface area contributed by atoms with Crippen LogP contribution in [0.2, 0.25) is 0 Å². The van der Waals surface area contributed by atoms with Crippen molar-refractivity contribution >= 4 is 18.2 Å². The van der Waals surface area contributed by atoms with Gasteiger partial charge in [-0.2, -0.15) is 0 Å². The molecule has 4 heterocycles. The summed E-state index contributed by atoms with van der Waals surface area (Å²) in [6.07, 6.45) is 7.57. The summed E-state index contributed by atoms with van der Waals surface area (Å²) in [4.78, 5) is 44.1. The highest BCUT2D eigenvalue weighted by atomic mass is 16.6.